The number of aromatic nitrogens is 2. The van der Waals surface area contributed by atoms with Crippen LogP contribution in [0.25, 0.3) is 11.0 Å². The number of aromatic amines is 1. The van der Waals surface area contributed by atoms with Crippen LogP contribution >= 0.6 is 11.8 Å². The maximum Gasteiger partial charge on any atom is 0.449 e. The summed E-state index contributed by atoms with van der Waals surface area (Å²) in [5.41, 5.74) is 1.89. The minimum atomic E-state index is -4.57. The number of alkyl halides is 3. The maximum absolute atomic E-state index is 13.1. The number of imidazole rings is 1. The fourth-order valence-corrected chi connectivity index (χ4v) is 4.55. The van der Waals surface area contributed by atoms with Crippen LogP contribution in [0.1, 0.15) is 23.0 Å². The number of nitrogens with one attached hydrogen (secondary N) is 2. The van der Waals surface area contributed by atoms with E-state index in [4.69, 9.17) is 9.47 Å². The smallest absolute Gasteiger partial charge is 0.449 e. The van der Waals surface area contributed by atoms with Crippen molar-refractivity contribution in [3.8, 4) is 11.5 Å². The Kier molecular flexibility index (Phi) is 6.29. The van der Waals surface area contributed by atoms with Crippen molar-refractivity contribution >= 4 is 28.7 Å². The number of carbonyl (C=O) groups excluding carboxylic acids is 1. The van der Waals surface area contributed by atoms with Gasteiger partial charge >= 0.3 is 6.18 Å². The first kappa shape index (κ1) is 23.1. The highest BCUT2D eigenvalue weighted by Gasteiger charge is 2.34. The highest BCUT2D eigenvalue weighted by atomic mass is 32.2. The summed E-state index contributed by atoms with van der Waals surface area (Å²) in [6.07, 6.45) is -4.57. The number of benzene rings is 3. The molecule has 1 aromatic heterocycles. The van der Waals surface area contributed by atoms with Crippen LogP contribution in [0.5, 0.6) is 11.5 Å². The first-order valence-electron chi connectivity index (χ1n) is 10.8. The molecule has 3 aromatic carbocycles. The van der Waals surface area contributed by atoms with Crippen LogP contribution < -0.4 is 14.8 Å². The zero-order valence-electron chi connectivity index (χ0n) is 18.3. The summed E-state index contributed by atoms with van der Waals surface area (Å²) < 4.78 is 50.3. The van der Waals surface area contributed by atoms with Gasteiger partial charge in [0.1, 0.15) is 13.2 Å². The number of nitrogens with zero attached hydrogens (tertiary/aromatic N) is 1. The Bertz CT molecular complexity index is 1360. The van der Waals surface area contributed by atoms with Gasteiger partial charge in [-0.1, -0.05) is 36.4 Å². The van der Waals surface area contributed by atoms with Crippen molar-refractivity contribution in [1.82, 2.24) is 15.3 Å². The lowest BCUT2D eigenvalue weighted by molar-refractivity contribution is -0.144. The van der Waals surface area contributed by atoms with E-state index in [1.165, 1.54) is 17.8 Å². The van der Waals surface area contributed by atoms with Gasteiger partial charge in [0.05, 0.1) is 22.8 Å². The van der Waals surface area contributed by atoms with Crippen molar-refractivity contribution in [2.45, 2.75) is 17.1 Å². The average molecular weight is 500 g/mol. The number of thioether (sulfide) groups is 1. The van der Waals surface area contributed by atoms with Gasteiger partial charge in [0.25, 0.3) is 0 Å². The van der Waals surface area contributed by atoms with E-state index >= 15 is 0 Å². The molecule has 0 bridgehead atoms. The molecule has 1 amide bonds. The molecule has 0 unspecified atom stereocenters. The van der Waals surface area contributed by atoms with Crippen molar-refractivity contribution in [3.05, 3.63) is 83.7 Å². The Labute approximate surface area is 202 Å². The Morgan fingerprint density at radius 3 is 2.54 bits per heavy atom. The fraction of sp³-hybridized carbons (Fsp3) is 0.200. The summed E-state index contributed by atoms with van der Waals surface area (Å²) in [6.45, 7) is 0.982. The number of amides is 1. The molecule has 1 aliphatic rings. The van der Waals surface area contributed by atoms with Crippen LogP contribution in [0.15, 0.2) is 71.6 Å². The standard InChI is InChI=1S/C25H20F3N3O3S/c26-25(27,28)24-29-18-8-6-16(12-19(18)30-24)23(15-4-2-1-3-5-15)31-22(32)14-35-17-7-9-20-21(13-17)34-11-10-33-20/h1-9,12-13,23H,10-11,14H2,(H,29,30)(H,31,32)/t23-/m1/s1. The van der Waals surface area contributed by atoms with Crippen LogP contribution in [0.4, 0.5) is 13.2 Å². The molecule has 1 aliphatic heterocycles. The molecule has 10 heteroatoms. The second-order valence-electron chi connectivity index (χ2n) is 7.87. The predicted molar refractivity (Wildman–Crippen MR) is 126 cm³/mol. The quantitative estimate of drug-likeness (QED) is 0.350. The zero-order valence-corrected chi connectivity index (χ0v) is 19.1. The number of carbonyl (C=O) groups is 1. The normalized spacial score (nSPS) is 14.0. The van der Waals surface area contributed by atoms with E-state index in [9.17, 15) is 18.0 Å². The Morgan fingerprint density at radius 2 is 1.77 bits per heavy atom. The monoisotopic (exact) mass is 499 g/mol. The third-order valence-corrected chi connectivity index (χ3v) is 6.42. The number of hydrogen-bond donors (Lipinski definition) is 2. The molecule has 35 heavy (non-hydrogen) atoms. The highest BCUT2D eigenvalue weighted by Crippen LogP contribution is 2.34. The van der Waals surface area contributed by atoms with Gasteiger partial charge in [-0.15, -0.1) is 11.8 Å². The molecule has 1 atom stereocenters. The molecule has 0 radical (unpaired) electrons. The number of rotatable bonds is 6. The van der Waals surface area contributed by atoms with E-state index in [-0.39, 0.29) is 22.7 Å². The van der Waals surface area contributed by atoms with Gasteiger partial charge in [0.15, 0.2) is 11.5 Å². The average Bonchev–Trinajstić information content (AvgIpc) is 3.31. The number of halogens is 3. The molecule has 180 valence electrons. The molecule has 0 saturated heterocycles. The molecular weight excluding hydrogens is 479 g/mol. The second-order valence-corrected chi connectivity index (χ2v) is 8.91. The van der Waals surface area contributed by atoms with E-state index in [1.54, 1.807) is 12.1 Å². The van der Waals surface area contributed by atoms with Gasteiger partial charge in [-0.05, 0) is 41.5 Å². The minimum Gasteiger partial charge on any atom is -0.486 e. The Hall–Kier alpha value is -3.66. The Morgan fingerprint density at radius 1 is 1.00 bits per heavy atom. The fourth-order valence-electron chi connectivity index (χ4n) is 3.81. The topological polar surface area (TPSA) is 76.2 Å². The van der Waals surface area contributed by atoms with Crippen LogP contribution in [0, 0.1) is 0 Å². The number of hydrogen-bond acceptors (Lipinski definition) is 5. The van der Waals surface area contributed by atoms with Crippen molar-refractivity contribution in [1.29, 1.82) is 0 Å². The number of H-pyrrole nitrogens is 1. The van der Waals surface area contributed by atoms with E-state index in [0.29, 0.717) is 30.3 Å². The van der Waals surface area contributed by atoms with E-state index in [2.05, 4.69) is 15.3 Å². The highest BCUT2D eigenvalue weighted by molar-refractivity contribution is 8.00. The number of ether oxygens (including phenoxy) is 2. The molecule has 2 N–H and O–H groups in total. The van der Waals surface area contributed by atoms with Crippen molar-refractivity contribution < 1.29 is 27.4 Å². The van der Waals surface area contributed by atoms with Gasteiger partial charge in [0.2, 0.25) is 11.7 Å². The van der Waals surface area contributed by atoms with Crippen LogP contribution in [-0.2, 0) is 11.0 Å². The second kappa shape index (κ2) is 9.53. The molecule has 0 aliphatic carbocycles. The molecule has 0 spiro atoms. The molecule has 6 nitrogen and oxygen atoms in total. The van der Waals surface area contributed by atoms with Crippen LogP contribution in [-0.4, -0.2) is 34.8 Å². The molecule has 5 rings (SSSR count). The summed E-state index contributed by atoms with van der Waals surface area (Å²) in [7, 11) is 0. The van der Waals surface area contributed by atoms with E-state index in [1.807, 2.05) is 48.5 Å². The lowest BCUT2D eigenvalue weighted by Gasteiger charge is -2.20. The third kappa shape index (κ3) is 5.22. The van der Waals surface area contributed by atoms with E-state index in [0.717, 1.165) is 10.5 Å². The molecule has 0 fully saturated rings. The van der Waals surface area contributed by atoms with Gasteiger partial charge in [-0.2, -0.15) is 13.2 Å². The molecule has 4 aromatic rings. The van der Waals surface area contributed by atoms with Crippen molar-refractivity contribution in [2.75, 3.05) is 19.0 Å². The maximum atomic E-state index is 13.1. The summed E-state index contributed by atoms with van der Waals surface area (Å²) in [4.78, 5) is 19.7. The lowest BCUT2D eigenvalue weighted by atomic mass is 9.98. The number of fused-ring (bicyclic) bond motifs is 2. The third-order valence-electron chi connectivity index (χ3n) is 5.43. The summed E-state index contributed by atoms with van der Waals surface area (Å²) in [5, 5.41) is 3.01. The molecule has 2 heterocycles. The summed E-state index contributed by atoms with van der Waals surface area (Å²) >= 11 is 1.35. The summed E-state index contributed by atoms with van der Waals surface area (Å²) in [5.74, 6) is 0.195. The van der Waals surface area contributed by atoms with Crippen LogP contribution in [0.2, 0.25) is 0 Å². The predicted octanol–water partition coefficient (Wildman–Crippen LogP) is 5.35. The Balaban J connectivity index is 1.35. The SMILES string of the molecule is O=C(CSc1ccc2c(c1)OCCO2)N[C@H](c1ccccc1)c1ccc2nc(C(F)(F)F)[nH]c2c1. The molecule has 0 saturated carbocycles. The lowest BCUT2D eigenvalue weighted by Crippen LogP contribution is -2.30. The van der Waals surface area contributed by atoms with Gasteiger partial charge in [-0.3, -0.25) is 4.79 Å². The van der Waals surface area contributed by atoms with Crippen molar-refractivity contribution in [2.24, 2.45) is 0 Å². The van der Waals surface area contributed by atoms with Gasteiger partial charge < -0.3 is 19.8 Å². The first-order chi connectivity index (χ1) is 16.9. The summed E-state index contributed by atoms with van der Waals surface area (Å²) in [6, 6.07) is 19.0. The van der Waals surface area contributed by atoms with Crippen molar-refractivity contribution in [3.63, 3.8) is 0 Å². The first-order valence-corrected chi connectivity index (χ1v) is 11.8. The minimum absolute atomic E-state index is 0.146. The largest absolute Gasteiger partial charge is 0.486 e. The van der Waals surface area contributed by atoms with Gasteiger partial charge in [0, 0.05) is 4.90 Å². The van der Waals surface area contributed by atoms with Gasteiger partial charge in [-0.25, -0.2) is 4.98 Å². The van der Waals surface area contributed by atoms with Crippen LogP contribution in [0.3, 0.4) is 0 Å². The molecular formula is C25H20F3N3O3S. The zero-order chi connectivity index (χ0) is 24.4. The van der Waals surface area contributed by atoms with E-state index < -0.39 is 18.0 Å².